The number of phenolic OH excluding ortho intramolecular Hbond substituents is 1. The molecule has 4 rings (SSSR count). The highest BCUT2D eigenvalue weighted by Crippen LogP contribution is 2.30. The number of aliphatic hydroxyl groups is 1. The second kappa shape index (κ2) is 50.8. The molecule has 0 radical (unpaired) electrons. The van der Waals surface area contributed by atoms with E-state index in [4.69, 9.17) is 14.6 Å². The predicted octanol–water partition coefficient (Wildman–Crippen LogP) is 3.34. The Kier molecular flexibility index (Phi) is 42.9. The standard InChI is InChI=1S/C75H109N13O25S3/c1-9-16-62(97)113-40-88(70(103)63(42(5)10-2)84-68(102)55-19-14-15-30-87(55)8)56(41(3)4)37-57(90)69-81-54(39-114-69)67(101)77-47(34-46-20-22-48(89)23-21-46)33-43(6)64(98)85-86-75(111)112-31-32-115-116-38-44(7)76-65(99)52(35-45-17-12-11-13-18-45)80-66(100)53(36-61(95)96)79-59(92)27-24-49(71(104)105)78-58(91)28-25-50(72(106)107)82-74(110)83-51(73(108)109)26-29-60(93)94/h11-13,17-18,20-23,39,41-44,47,49-53,55-57,63,89-90H,9-10,14-16,19,24-38,40H2,1-8H3,(H,76,99)(H,77,101)(H,78,91)(H,79,92)(H,80,100)(H,84,102)(H,85,98)(H,86,111)(H,93,94)(H,95,96)(H,104,105)(H,106,107)(H,108,109)(H2,82,83,110)/t42?,43-,44-,47+,49-,50-,51-,52+,53-,55+,56+,57+,63-/m0/s1. The number of thiazole rings is 1. The van der Waals surface area contributed by atoms with Crippen LogP contribution in [0.2, 0.25) is 0 Å². The molecule has 38 nitrogen and oxygen atoms in total. The summed E-state index contributed by atoms with van der Waals surface area (Å²) in [6.07, 6.45) is -3.69. The van der Waals surface area contributed by atoms with Gasteiger partial charge in [0.1, 0.15) is 65.4 Å². The minimum Gasteiger partial charge on any atom is -0.508 e. The Balaban J connectivity index is 1.30. The molecule has 3 aromatic rings. The number of hydrogen-bond acceptors (Lipinski definition) is 25. The lowest BCUT2D eigenvalue weighted by molar-refractivity contribution is -0.159. The molecule has 116 heavy (non-hydrogen) atoms. The molecule has 1 aliphatic rings. The number of esters is 1. The van der Waals surface area contributed by atoms with E-state index in [9.17, 15) is 107 Å². The molecular weight excluding hydrogens is 1580 g/mol. The molecule has 11 amide bonds. The lowest BCUT2D eigenvalue weighted by Crippen LogP contribution is -2.59. The van der Waals surface area contributed by atoms with Crippen LogP contribution in [0.3, 0.4) is 0 Å². The zero-order valence-corrected chi connectivity index (χ0v) is 68.4. The van der Waals surface area contributed by atoms with Crippen LogP contribution in [-0.4, -0.2) is 245 Å². The predicted molar refractivity (Wildman–Crippen MR) is 422 cm³/mol. The molecule has 1 aliphatic heterocycles. The summed E-state index contributed by atoms with van der Waals surface area (Å²) >= 11 is 1.01. The number of carboxylic acid groups (broad SMARTS) is 5. The second-order valence-electron chi connectivity index (χ2n) is 28.5. The van der Waals surface area contributed by atoms with E-state index in [2.05, 4.69) is 47.7 Å². The first-order valence-corrected chi connectivity index (χ1v) is 41.3. The van der Waals surface area contributed by atoms with Gasteiger partial charge in [0, 0.05) is 79.5 Å². The summed E-state index contributed by atoms with van der Waals surface area (Å²) in [6.45, 7) is 12.7. The summed E-state index contributed by atoms with van der Waals surface area (Å²) in [5.74, 6) is -15.4. The highest BCUT2D eigenvalue weighted by atomic mass is 33.1. The number of carboxylic acids is 5. The molecule has 17 N–H and O–H groups in total. The fourth-order valence-electron chi connectivity index (χ4n) is 12.0. The maximum absolute atomic E-state index is 14.8. The number of aliphatic hydroxyl groups excluding tert-OH is 1. The van der Waals surface area contributed by atoms with Crippen molar-refractivity contribution >= 4 is 128 Å². The number of likely N-dealkylation sites (tertiary alicyclic amines) is 1. The van der Waals surface area contributed by atoms with Crippen molar-refractivity contribution in [1.82, 2.24) is 68.2 Å². The number of nitrogens with zero attached hydrogens (tertiary/aromatic N) is 3. The number of benzene rings is 2. The number of hydrogen-bond donors (Lipinski definition) is 17. The van der Waals surface area contributed by atoms with Crippen molar-refractivity contribution < 1.29 is 122 Å². The van der Waals surface area contributed by atoms with Crippen LogP contribution in [0, 0.1) is 17.8 Å². The summed E-state index contributed by atoms with van der Waals surface area (Å²) in [4.78, 5) is 214. The average molecular weight is 1690 g/mol. The number of likely N-dealkylation sites (N-methyl/N-ethyl adjacent to an activating group) is 1. The van der Waals surface area contributed by atoms with Gasteiger partial charge in [-0.05, 0) is 107 Å². The highest BCUT2D eigenvalue weighted by molar-refractivity contribution is 8.76. The van der Waals surface area contributed by atoms with Crippen molar-refractivity contribution in [3.8, 4) is 5.75 Å². The summed E-state index contributed by atoms with van der Waals surface area (Å²) < 4.78 is 10.9. The molecular formula is C75H109N13O25S3. The molecule has 1 unspecified atom stereocenters. The number of aromatic nitrogens is 1. The number of hydrazine groups is 1. The number of amides is 11. The SMILES string of the molecule is CCCC(=O)OCN(C(=O)[C@@H](NC(=O)[C@H]1CCCCN1C)C(C)CC)[C@H](C[C@@H](O)c1nc(C(=O)N[C@@H](Cc2ccc(O)cc2)C[C@H](C)C(=O)NNC(=O)OCCSSC[C@H](C)NC(=O)[C@@H](Cc2ccccc2)NC(=O)[C@H](CC(=O)O)NC(=O)CC[C@H](NC(=O)CC[C@H](NC(=O)N[C@@H](CCC(=O)O)C(=O)O)C(=O)O)C(=O)O)cs1)C(C)C. The van der Waals surface area contributed by atoms with E-state index in [1.54, 1.807) is 56.3 Å². The molecule has 1 saturated heterocycles. The molecule has 2 aromatic carbocycles. The maximum Gasteiger partial charge on any atom is 0.426 e. The average Bonchev–Trinajstić information content (AvgIpc) is 1.30. The van der Waals surface area contributed by atoms with Crippen LogP contribution in [-0.2, 0) is 84.6 Å². The fourth-order valence-corrected chi connectivity index (χ4v) is 14.9. The first-order chi connectivity index (χ1) is 54.9. The van der Waals surface area contributed by atoms with E-state index in [0.29, 0.717) is 30.4 Å². The number of nitrogens with one attached hydrogen (secondary N) is 10. The molecule has 41 heteroatoms. The largest absolute Gasteiger partial charge is 0.508 e. The van der Waals surface area contributed by atoms with Crippen LogP contribution >= 0.6 is 32.9 Å². The van der Waals surface area contributed by atoms with E-state index in [-0.39, 0.29) is 84.4 Å². The number of aliphatic carboxylic acids is 5. The normalized spacial score (nSPS) is 15.8. The van der Waals surface area contributed by atoms with E-state index < -0.39 is 213 Å². The zero-order valence-electron chi connectivity index (χ0n) is 66.0. The van der Waals surface area contributed by atoms with Crippen molar-refractivity contribution in [3.63, 3.8) is 0 Å². The Labute approximate surface area is 682 Å². The molecule has 642 valence electrons. The van der Waals surface area contributed by atoms with Crippen LogP contribution in [0.25, 0.3) is 0 Å². The Morgan fingerprint density at radius 1 is 0.629 bits per heavy atom. The van der Waals surface area contributed by atoms with Crippen LogP contribution in [0.1, 0.15) is 178 Å². The molecule has 1 fully saturated rings. The van der Waals surface area contributed by atoms with Gasteiger partial charge < -0.3 is 92.7 Å². The van der Waals surface area contributed by atoms with Crippen molar-refractivity contribution in [2.45, 2.75) is 224 Å². The number of carbonyl (C=O) groups is 16. The Morgan fingerprint density at radius 2 is 1.22 bits per heavy atom. The van der Waals surface area contributed by atoms with E-state index in [1.165, 1.54) is 44.0 Å². The fraction of sp³-hybridized carbons (Fsp3) is 0.587. The van der Waals surface area contributed by atoms with Gasteiger partial charge in [0.25, 0.3) is 5.91 Å². The van der Waals surface area contributed by atoms with Crippen molar-refractivity contribution in [3.05, 3.63) is 81.8 Å². The topological polar surface area (TPSA) is 573 Å². The molecule has 1 aromatic heterocycles. The van der Waals surface area contributed by atoms with Crippen molar-refractivity contribution in [2.24, 2.45) is 17.8 Å². The number of phenols is 1. The Hall–Kier alpha value is -10.4. The Morgan fingerprint density at radius 3 is 1.80 bits per heavy atom. The third-order valence-electron chi connectivity index (χ3n) is 18.7. The first-order valence-electron chi connectivity index (χ1n) is 38.0. The van der Waals surface area contributed by atoms with Gasteiger partial charge >= 0.3 is 47.9 Å². The Bertz CT molecular complexity index is 3810. The van der Waals surface area contributed by atoms with Crippen LogP contribution in [0.15, 0.2) is 60.0 Å². The molecule has 0 aliphatic carbocycles. The second-order valence-corrected chi connectivity index (χ2v) is 32.0. The monoisotopic (exact) mass is 1690 g/mol. The highest BCUT2D eigenvalue weighted by Gasteiger charge is 2.40. The number of rotatable bonds is 51. The van der Waals surface area contributed by atoms with Gasteiger partial charge in [-0.1, -0.05) is 118 Å². The van der Waals surface area contributed by atoms with Crippen molar-refractivity contribution in [2.75, 3.05) is 38.4 Å². The third-order valence-corrected chi connectivity index (χ3v) is 22.2. The number of carbonyl (C=O) groups excluding carboxylic acids is 11. The third kappa shape index (κ3) is 35.8. The van der Waals surface area contributed by atoms with E-state index in [0.717, 1.165) is 30.7 Å². The van der Waals surface area contributed by atoms with E-state index >= 15 is 0 Å². The lowest BCUT2D eigenvalue weighted by atomic mass is 9.92. The van der Waals surface area contributed by atoms with Gasteiger partial charge in [0.05, 0.1) is 12.5 Å². The number of ether oxygens (including phenoxy) is 2. The van der Waals surface area contributed by atoms with Gasteiger partial charge in [-0.25, -0.2) is 34.4 Å². The minimum atomic E-state index is -1.82. The molecule has 13 atom stereocenters. The van der Waals surface area contributed by atoms with Crippen LogP contribution in [0.4, 0.5) is 9.59 Å². The summed E-state index contributed by atoms with van der Waals surface area (Å²) in [5, 5.41) is 90.2. The quantitative estimate of drug-likeness (QED) is 0.0127. The molecule has 0 spiro atoms. The van der Waals surface area contributed by atoms with Crippen molar-refractivity contribution in [1.29, 1.82) is 0 Å². The minimum absolute atomic E-state index is 0.00485. The van der Waals surface area contributed by atoms with Crippen LogP contribution in [0.5, 0.6) is 5.75 Å². The smallest absolute Gasteiger partial charge is 0.426 e. The van der Waals surface area contributed by atoms with Gasteiger partial charge in [-0.15, -0.1) is 11.3 Å². The van der Waals surface area contributed by atoms with Gasteiger partial charge in [0.15, 0.2) is 6.73 Å². The van der Waals surface area contributed by atoms with Gasteiger partial charge in [0.2, 0.25) is 41.4 Å². The summed E-state index contributed by atoms with van der Waals surface area (Å²) in [5.41, 5.74) is 5.73. The van der Waals surface area contributed by atoms with Gasteiger partial charge in [-0.2, -0.15) is 0 Å². The summed E-state index contributed by atoms with van der Waals surface area (Å²) in [7, 11) is 4.41. The molecule has 2 heterocycles. The van der Waals surface area contributed by atoms with Gasteiger partial charge in [-0.3, -0.25) is 63.1 Å². The maximum atomic E-state index is 14.8. The number of urea groups is 1. The summed E-state index contributed by atoms with van der Waals surface area (Å²) in [6, 6.07) is 1.27. The lowest BCUT2D eigenvalue weighted by Gasteiger charge is -2.39. The van der Waals surface area contributed by atoms with Crippen LogP contribution < -0.4 is 53.4 Å². The molecule has 0 saturated carbocycles. The molecule has 0 bridgehead atoms. The first kappa shape index (κ1) is 98.0. The zero-order chi connectivity index (χ0) is 86.3. The van der Waals surface area contributed by atoms with E-state index in [1.807, 2.05) is 57.2 Å². The number of piperidine rings is 1. The number of aromatic hydroxyl groups is 1.